The van der Waals surface area contributed by atoms with E-state index >= 15 is 0 Å². The van der Waals surface area contributed by atoms with Crippen molar-refractivity contribution in [2.45, 2.75) is 6.54 Å². The van der Waals surface area contributed by atoms with E-state index in [9.17, 15) is 0 Å². The first-order valence-corrected chi connectivity index (χ1v) is 2.11. The number of aromatic amines is 1. The number of H-pyrrole nitrogens is 1. The molecule has 0 aliphatic carbocycles. The van der Waals surface area contributed by atoms with Crippen molar-refractivity contribution in [3.8, 4) is 0 Å². The standard InChI is InChI=1S/C4H4N4/c1-5-2-4-6-3-7-8-4/h3H,2H2,(H,6,7,8). The fraction of sp³-hybridized carbons (Fsp3) is 0.250. The van der Waals surface area contributed by atoms with Crippen molar-refractivity contribution < 1.29 is 0 Å². The Morgan fingerprint density at radius 1 is 1.88 bits per heavy atom. The zero-order chi connectivity index (χ0) is 5.82. The van der Waals surface area contributed by atoms with Crippen molar-refractivity contribution in [2.75, 3.05) is 0 Å². The molecule has 4 heteroatoms. The van der Waals surface area contributed by atoms with Crippen LogP contribution in [-0.2, 0) is 6.54 Å². The molecule has 8 heavy (non-hydrogen) atoms. The van der Waals surface area contributed by atoms with Gasteiger partial charge in [-0.2, -0.15) is 5.10 Å². The van der Waals surface area contributed by atoms with E-state index in [1.54, 1.807) is 0 Å². The van der Waals surface area contributed by atoms with Gasteiger partial charge in [-0.25, -0.2) is 11.6 Å². The number of hydrogen-bond acceptors (Lipinski definition) is 2. The molecule has 0 radical (unpaired) electrons. The van der Waals surface area contributed by atoms with Crippen molar-refractivity contribution in [3.63, 3.8) is 0 Å². The highest BCUT2D eigenvalue weighted by Crippen LogP contribution is 1.85. The minimum absolute atomic E-state index is 0.292. The van der Waals surface area contributed by atoms with Crippen LogP contribution in [0.1, 0.15) is 5.82 Å². The molecule has 4 nitrogen and oxygen atoms in total. The normalized spacial score (nSPS) is 8.38. The molecule has 1 heterocycles. The predicted octanol–water partition coefficient (Wildman–Crippen LogP) is 0.224. The summed E-state index contributed by atoms with van der Waals surface area (Å²) in [6, 6.07) is 0. The second kappa shape index (κ2) is 2.07. The van der Waals surface area contributed by atoms with Gasteiger partial charge >= 0.3 is 0 Å². The van der Waals surface area contributed by atoms with E-state index in [1.165, 1.54) is 6.33 Å². The van der Waals surface area contributed by atoms with E-state index in [0.29, 0.717) is 12.4 Å². The van der Waals surface area contributed by atoms with Gasteiger partial charge in [0, 0.05) is 0 Å². The Hall–Kier alpha value is -1.37. The first-order chi connectivity index (χ1) is 3.93. The first-order valence-electron chi connectivity index (χ1n) is 2.11. The smallest absolute Gasteiger partial charge is 0.272 e. The molecule has 0 fully saturated rings. The van der Waals surface area contributed by atoms with Crippen molar-refractivity contribution >= 4 is 0 Å². The Balaban J connectivity index is 2.67. The van der Waals surface area contributed by atoms with E-state index < -0.39 is 0 Å². The van der Waals surface area contributed by atoms with Crippen molar-refractivity contribution in [1.82, 2.24) is 15.2 Å². The van der Waals surface area contributed by atoms with Crippen LogP contribution >= 0.6 is 0 Å². The molecule has 0 aliphatic rings. The third kappa shape index (κ3) is 0.819. The van der Waals surface area contributed by atoms with Gasteiger partial charge in [-0.1, -0.05) is 0 Å². The van der Waals surface area contributed by atoms with Gasteiger partial charge in [0.1, 0.15) is 6.33 Å². The first kappa shape index (κ1) is 4.78. The summed E-state index contributed by atoms with van der Waals surface area (Å²) in [5.41, 5.74) is 0. The van der Waals surface area contributed by atoms with E-state index in [0.717, 1.165) is 0 Å². The van der Waals surface area contributed by atoms with Gasteiger partial charge in [-0.15, -0.1) is 0 Å². The highest BCUT2D eigenvalue weighted by molar-refractivity contribution is 4.83. The predicted molar refractivity (Wildman–Crippen MR) is 26.7 cm³/mol. The molecule has 1 N–H and O–H groups in total. The molecule has 1 aromatic heterocycles. The summed E-state index contributed by atoms with van der Waals surface area (Å²) in [5.74, 6) is 0.625. The summed E-state index contributed by atoms with van der Waals surface area (Å²) >= 11 is 0. The minimum Gasteiger partial charge on any atom is -0.308 e. The quantitative estimate of drug-likeness (QED) is 0.523. The molecule has 40 valence electrons. The van der Waals surface area contributed by atoms with Crippen LogP contribution in [0, 0.1) is 6.57 Å². The lowest BCUT2D eigenvalue weighted by molar-refractivity contribution is 0.988. The second-order valence-electron chi connectivity index (χ2n) is 1.25. The molecule has 0 atom stereocenters. The molecular weight excluding hydrogens is 104 g/mol. The Morgan fingerprint density at radius 2 is 2.75 bits per heavy atom. The van der Waals surface area contributed by atoms with E-state index in [2.05, 4.69) is 20.0 Å². The fourth-order valence-corrected chi connectivity index (χ4v) is 0.382. The minimum atomic E-state index is 0.292. The maximum Gasteiger partial charge on any atom is 0.272 e. The van der Waals surface area contributed by atoms with Gasteiger partial charge in [0.25, 0.3) is 6.54 Å². The molecule has 0 bridgehead atoms. The monoisotopic (exact) mass is 108 g/mol. The molecule has 1 rings (SSSR count). The Kier molecular flexibility index (Phi) is 1.24. The SMILES string of the molecule is [C-]#[N+]Cc1ncn[nH]1. The molecule has 0 saturated carbocycles. The third-order valence-electron chi connectivity index (χ3n) is 0.694. The van der Waals surface area contributed by atoms with Gasteiger partial charge in [0.2, 0.25) is 5.82 Å². The number of nitrogens with one attached hydrogen (secondary N) is 1. The highest BCUT2D eigenvalue weighted by atomic mass is 15.2. The summed E-state index contributed by atoms with van der Waals surface area (Å²) in [4.78, 5) is 6.82. The summed E-state index contributed by atoms with van der Waals surface area (Å²) < 4.78 is 0. The number of hydrogen-bond donors (Lipinski definition) is 1. The third-order valence-corrected chi connectivity index (χ3v) is 0.694. The largest absolute Gasteiger partial charge is 0.308 e. The van der Waals surface area contributed by atoms with Crippen LogP contribution in [0.5, 0.6) is 0 Å². The van der Waals surface area contributed by atoms with Crippen LogP contribution < -0.4 is 0 Å². The summed E-state index contributed by atoms with van der Waals surface area (Å²) in [6.07, 6.45) is 1.39. The molecule has 0 aliphatic heterocycles. The van der Waals surface area contributed by atoms with Crippen LogP contribution in [0.3, 0.4) is 0 Å². The number of nitrogens with zero attached hydrogens (tertiary/aromatic N) is 3. The molecular formula is C4H4N4. The van der Waals surface area contributed by atoms with Gasteiger partial charge < -0.3 is 4.85 Å². The second-order valence-corrected chi connectivity index (χ2v) is 1.25. The molecule has 0 amide bonds. The van der Waals surface area contributed by atoms with E-state index in [-0.39, 0.29) is 0 Å². The molecule has 0 spiro atoms. The lowest BCUT2D eigenvalue weighted by Gasteiger charge is -1.73. The summed E-state index contributed by atoms with van der Waals surface area (Å²) in [6.45, 7) is 6.71. The van der Waals surface area contributed by atoms with Crippen LogP contribution in [0.4, 0.5) is 0 Å². The van der Waals surface area contributed by atoms with Gasteiger partial charge in [0.05, 0.1) is 0 Å². The topological polar surface area (TPSA) is 45.9 Å². The number of rotatable bonds is 1. The maximum atomic E-state index is 6.42. The summed E-state index contributed by atoms with van der Waals surface area (Å²) in [7, 11) is 0. The van der Waals surface area contributed by atoms with Crippen molar-refractivity contribution in [1.29, 1.82) is 0 Å². The Labute approximate surface area is 46.4 Å². The molecule has 0 unspecified atom stereocenters. The van der Waals surface area contributed by atoms with Crippen LogP contribution in [0.2, 0.25) is 0 Å². The maximum absolute atomic E-state index is 6.42. The zero-order valence-electron chi connectivity index (χ0n) is 4.13. The molecule has 0 saturated heterocycles. The van der Waals surface area contributed by atoms with Crippen molar-refractivity contribution in [3.05, 3.63) is 23.6 Å². The van der Waals surface area contributed by atoms with Crippen LogP contribution in [0.25, 0.3) is 4.85 Å². The molecule has 1 aromatic rings. The average Bonchev–Trinajstić information content (AvgIpc) is 2.19. The van der Waals surface area contributed by atoms with Crippen molar-refractivity contribution in [2.24, 2.45) is 0 Å². The highest BCUT2D eigenvalue weighted by Gasteiger charge is 1.92. The fourth-order valence-electron chi connectivity index (χ4n) is 0.382. The van der Waals surface area contributed by atoms with E-state index in [4.69, 9.17) is 6.57 Å². The van der Waals surface area contributed by atoms with Crippen LogP contribution in [0.15, 0.2) is 6.33 Å². The van der Waals surface area contributed by atoms with Gasteiger partial charge in [-0.3, -0.25) is 5.10 Å². The number of aromatic nitrogens is 3. The Morgan fingerprint density at radius 3 is 3.25 bits per heavy atom. The lowest BCUT2D eigenvalue weighted by atomic mass is 10.6. The molecule has 0 aromatic carbocycles. The zero-order valence-corrected chi connectivity index (χ0v) is 4.13. The average molecular weight is 108 g/mol. The van der Waals surface area contributed by atoms with E-state index in [1.807, 2.05) is 0 Å². The van der Waals surface area contributed by atoms with Gasteiger partial charge in [0.15, 0.2) is 0 Å². The van der Waals surface area contributed by atoms with Gasteiger partial charge in [-0.05, 0) is 0 Å². The Bertz CT molecular complexity index is 182. The van der Waals surface area contributed by atoms with Crippen LogP contribution in [-0.4, -0.2) is 15.2 Å². The summed E-state index contributed by atoms with van der Waals surface area (Å²) in [5, 5.41) is 6.12. The lowest BCUT2D eigenvalue weighted by Crippen LogP contribution is -1.80.